The number of aromatic nitrogens is 3. The van der Waals surface area contributed by atoms with Gasteiger partial charge in [0.05, 0.1) is 0 Å². The number of aliphatic hydroxyl groups excluding tert-OH is 1. The molecule has 0 radical (unpaired) electrons. The number of nitrogens with zero attached hydrogens (tertiary/aromatic N) is 2. The Morgan fingerprint density at radius 3 is 3.00 bits per heavy atom. The first-order valence-electron chi connectivity index (χ1n) is 4.99. The zero-order chi connectivity index (χ0) is 10.2. The van der Waals surface area contributed by atoms with Crippen LogP contribution in [0.3, 0.4) is 0 Å². The van der Waals surface area contributed by atoms with Crippen LogP contribution >= 0.6 is 0 Å². The highest BCUT2D eigenvalue weighted by Crippen LogP contribution is 2.15. The standard InChI is InChI=1S/C10H17N3O/c1-2-3-4-5-6-7-9(14)10-11-8-12-13-10/h2,8-9,14H,1,3-7H2,(H,11,12,13). The third kappa shape index (κ3) is 3.70. The molecular formula is C10H17N3O. The van der Waals surface area contributed by atoms with Gasteiger partial charge in [-0.05, 0) is 19.3 Å². The molecule has 0 saturated carbocycles. The molecule has 0 aliphatic heterocycles. The van der Waals surface area contributed by atoms with Crippen molar-refractivity contribution in [3.8, 4) is 0 Å². The van der Waals surface area contributed by atoms with Crippen molar-refractivity contribution >= 4 is 0 Å². The molecule has 78 valence electrons. The molecule has 1 heterocycles. The van der Waals surface area contributed by atoms with E-state index < -0.39 is 6.10 Å². The molecule has 1 rings (SSSR count). The van der Waals surface area contributed by atoms with Crippen LogP contribution in [-0.2, 0) is 0 Å². The molecule has 0 fully saturated rings. The number of H-pyrrole nitrogens is 1. The van der Waals surface area contributed by atoms with Crippen molar-refractivity contribution in [2.45, 2.75) is 38.2 Å². The molecule has 1 atom stereocenters. The fourth-order valence-corrected chi connectivity index (χ4v) is 1.32. The minimum Gasteiger partial charge on any atom is -0.385 e. The number of rotatable bonds is 7. The van der Waals surface area contributed by atoms with Gasteiger partial charge in [0.1, 0.15) is 12.4 Å². The van der Waals surface area contributed by atoms with Crippen LogP contribution in [-0.4, -0.2) is 20.3 Å². The third-order valence-electron chi connectivity index (χ3n) is 2.14. The van der Waals surface area contributed by atoms with E-state index in [9.17, 15) is 5.11 Å². The second kappa shape index (κ2) is 6.32. The summed E-state index contributed by atoms with van der Waals surface area (Å²) < 4.78 is 0. The average molecular weight is 195 g/mol. The molecule has 0 aliphatic rings. The quantitative estimate of drug-likeness (QED) is 0.516. The molecule has 1 aromatic heterocycles. The summed E-state index contributed by atoms with van der Waals surface area (Å²) >= 11 is 0. The van der Waals surface area contributed by atoms with Gasteiger partial charge < -0.3 is 5.11 Å². The smallest absolute Gasteiger partial charge is 0.153 e. The van der Waals surface area contributed by atoms with Crippen LogP contribution in [0.15, 0.2) is 19.0 Å². The van der Waals surface area contributed by atoms with E-state index in [1.807, 2.05) is 6.08 Å². The Labute approximate surface area is 84.1 Å². The van der Waals surface area contributed by atoms with Crippen molar-refractivity contribution in [3.05, 3.63) is 24.8 Å². The normalized spacial score (nSPS) is 12.6. The second-order valence-corrected chi connectivity index (χ2v) is 3.31. The van der Waals surface area contributed by atoms with Gasteiger partial charge in [0.25, 0.3) is 0 Å². The Morgan fingerprint density at radius 2 is 2.36 bits per heavy atom. The number of aromatic amines is 1. The van der Waals surface area contributed by atoms with E-state index in [-0.39, 0.29) is 0 Å². The molecule has 4 nitrogen and oxygen atoms in total. The summed E-state index contributed by atoms with van der Waals surface area (Å²) in [4.78, 5) is 3.90. The van der Waals surface area contributed by atoms with Gasteiger partial charge in [-0.3, -0.25) is 5.10 Å². The summed E-state index contributed by atoms with van der Waals surface area (Å²) in [5, 5.41) is 16.0. The van der Waals surface area contributed by atoms with Crippen LogP contribution < -0.4 is 0 Å². The van der Waals surface area contributed by atoms with Crippen LogP contribution in [0.25, 0.3) is 0 Å². The number of nitrogens with one attached hydrogen (secondary N) is 1. The van der Waals surface area contributed by atoms with Crippen LogP contribution in [0.2, 0.25) is 0 Å². The molecular weight excluding hydrogens is 178 g/mol. The zero-order valence-corrected chi connectivity index (χ0v) is 8.32. The van der Waals surface area contributed by atoms with Gasteiger partial charge in [0, 0.05) is 0 Å². The predicted octanol–water partition coefficient (Wildman–Crippen LogP) is 1.97. The summed E-state index contributed by atoms with van der Waals surface area (Å²) in [6.07, 6.45) is 7.91. The highest BCUT2D eigenvalue weighted by molar-refractivity contribution is 4.85. The molecule has 14 heavy (non-hydrogen) atoms. The maximum Gasteiger partial charge on any atom is 0.153 e. The highest BCUT2D eigenvalue weighted by Gasteiger charge is 2.08. The second-order valence-electron chi connectivity index (χ2n) is 3.31. The molecule has 0 bridgehead atoms. The first-order chi connectivity index (χ1) is 6.84. The Morgan fingerprint density at radius 1 is 1.50 bits per heavy atom. The Hall–Kier alpha value is -1.16. The molecule has 0 aliphatic carbocycles. The van der Waals surface area contributed by atoms with Gasteiger partial charge in [-0.15, -0.1) is 6.58 Å². The first kappa shape index (κ1) is 10.9. The lowest BCUT2D eigenvalue weighted by Gasteiger charge is -2.05. The fourth-order valence-electron chi connectivity index (χ4n) is 1.32. The Kier molecular flexibility index (Phi) is 4.93. The predicted molar refractivity (Wildman–Crippen MR) is 54.6 cm³/mol. The van der Waals surface area contributed by atoms with Crippen LogP contribution in [0, 0.1) is 0 Å². The monoisotopic (exact) mass is 195 g/mol. The number of aliphatic hydroxyl groups is 1. The van der Waals surface area contributed by atoms with Crippen molar-refractivity contribution < 1.29 is 5.11 Å². The van der Waals surface area contributed by atoms with Crippen molar-refractivity contribution in [2.75, 3.05) is 0 Å². The average Bonchev–Trinajstić information content (AvgIpc) is 2.70. The summed E-state index contributed by atoms with van der Waals surface area (Å²) in [6.45, 7) is 3.66. The Bertz CT molecular complexity index is 246. The minimum absolute atomic E-state index is 0.499. The molecule has 0 saturated heterocycles. The van der Waals surface area contributed by atoms with E-state index in [1.54, 1.807) is 0 Å². The summed E-state index contributed by atoms with van der Waals surface area (Å²) in [5.41, 5.74) is 0. The van der Waals surface area contributed by atoms with E-state index in [4.69, 9.17) is 0 Å². The summed E-state index contributed by atoms with van der Waals surface area (Å²) in [5.74, 6) is 0.564. The van der Waals surface area contributed by atoms with Gasteiger partial charge in [-0.2, -0.15) is 5.10 Å². The van der Waals surface area contributed by atoms with Gasteiger partial charge in [-0.1, -0.05) is 18.9 Å². The molecule has 0 spiro atoms. The molecule has 0 aromatic carbocycles. The maximum atomic E-state index is 9.61. The van der Waals surface area contributed by atoms with E-state index in [0.717, 1.165) is 32.1 Å². The van der Waals surface area contributed by atoms with Crippen molar-refractivity contribution in [2.24, 2.45) is 0 Å². The van der Waals surface area contributed by atoms with Gasteiger partial charge in [-0.25, -0.2) is 4.98 Å². The lowest BCUT2D eigenvalue weighted by atomic mass is 10.1. The molecule has 4 heteroatoms. The largest absolute Gasteiger partial charge is 0.385 e. The van der Waals surface area contributed by atoms with Gasteiger partial charge in [0.15, 0.2) is 5.82 Å². The van der Waals surface area contributed by atoms with Gasteiger partial charge >= 0.3 is 0 Å². The summed E-state index contributed by atoms with van der Waals surface area (Å²) in [7, 11) is 0. The molecule has 0 amide bonds. The summed E-state index contributed by atoms with van der Waals surface area (Å²) in [6, 6.07) is 0. The lowest BCUT2D eigenvalue weighted by molar-refractivity contribution is 0.154. The van der Waals surface area contributed by atoms with E-state index in [2.05, 4.69) is 21.8 Å². The third-order valence-corrected chi connectivity index (χ3v) is 2.14. The fraction of sp³-hybridized carbons (Fsp3) is 0.600. The number of unbranched alkanes of at least 4 members (excludes halogenated alkanes) is 3. The number of hydrogen-bond acceptors (Lipinski definition) is 3. The van der Waals surface area contributed by atoms with Crippen LogP contribution in [0.4, 0.5) is 0 Å². The number of hydrogen-bond donors (Lipinski definition) is 2. The van der Waals surface area contributed by atoms with E-state index in [1.165, 1.54) is 6.33 Å². The Balaban J connectivity index is 2.10. The maximum absolute atomic E-state index is 9.61. The SMILES string of the molecule is C=CCCCCCC(O)c1ncn[nH]1. The number of allylic oxidation sites excluding steroid dienone is 1. The molecule has 1 aromatic rings. The van der Waals surface area contributed by atoms with Gasteiger partial charge in [0.2, 0.25) is 0 Å². The molecule has 1 unspecified atom stereocenters. The molecule has 2 N–H and O–H groups in total. The van der Waals surface area contributed by atoms with Crippen molar-refractivity contribution in [3.63, 3.8) is 0 Å². The lowest BCUT2D eigenvalue weighted by Crippen LogP contribution is -1.99. The van der Waals surface area contributed by atoms with E-state index >= 15 is 0 Å². The zero-order valence-electron chi connectivity index (χ0n) is 8.32. The highest BCUT2D eigenvalue weighted by atomic mass is 16.3. The van der Waals surface area contributed by atoms with E-state index in [0.29, 0.717) is 5.82 Å². The van der Waals surface area contributed by atoms with Crippen molar-refractivity contribution in [1.82, 2.24) is 15.2 Å². The topological polar surface area (TPSA) is 61.8 Å². The minimum atomic E-state index is -0.499. The van der Waals surface area contributed by atoms with Crippen LogP contribution in [0.1, 0.15) is 44.0 Å². The van der Waals surface area contributed by atoms with Crippen LogP contribution in [0.5, 0.6) is 0 Å². The van der Waals surface area contributed by atoms with Crippen molar-refractivity contribution in [1.29, 1.82) is 0 Å². The first-order valence-corrected chi connectivity index (χ1v) is 4.99.